The zero-order chi connectivity index (χ0) is 12.2. The van der Waals surface area contributed by atoms with Crippen LogP contribution in [0.25, 0.3) is 11.1 Å². The van der Waals surface area contributed by atoms with E-state index in [1.54, 1.807) is 6.20 Å². The first-order valence-electron chi connectivity index (χ1n) is 6.07. The number of aromatic amines is 1. The first-order chi connectivity index (χ1) is 8.76. The number of rotatable bonds is 1. The maximum absolute atomic E-state index is 5.92. The van der Waals surface area contributed by atoms with Crippen LogP contribution in [0.4, 0.5) is 5.82 Å². The van der Waals surface area contributed by atoms with E-state index in [-0.39, 0.29) is 5.79 Å². The molecule has 1 aromatic carbocycles. The van der Waals surface area contributed by atoms with Crippen molar-refractivity contribution in [1.29, 1.82) is 0 Å². The summed E-state index contributed by atoms with van der Waals surface area (Å²) in [5.74, 6) is 1.80. The first kappa shape index (κ1) is 9.82. The van der Waals surface area contributed by atoms with Gasteiger partial charge in [-0.05, 0) is 24.1 Å². The van der Waals surface area contributed by atoms with Crippen molar-refractivity contribution < 1.29 is 9.47 Å². The van der Waals surface area contributed by atoms with Gasteiger partial charge in [-0.1, -0.05) is 6.07 Å². The molecule has 0 saturated heterocycles. The molecule has 1 fully saturated rings. The van der Waals surface area contributed by atoms with Crippen molar-refractivity contribution in [3.63, 3.8) is 0 Å². The number of anilines is 1. The van der Waals surface area contributed by atoms with E-state index in [9.17, 15) is 0 Å². The van der Waals surface area contributed by atoms with Crippen molar-refractivity contribution in [3.05, 3.63) is 24.4 Å². The van der Waals surface area contributed by atoms with E-state index in [0.29, 0.717) is 5.82 Å². The van der Waals surface area contributed by atoms with Gasteiger partial charge in [-0.25, -0.2) is 0 Å². The lowest BCUT2D eigenvalue weighted by atomic mass is 9.91. The fourth-order valence-corrected chi connectivity index (χ4v) is 2.46. The number of nitrogens with zero attached hydrogens (tertiary/aromatic N) is 1. The van der Waals surface area contributed by atoms with Gasteiger partial charge >= 0.3 is 0 Å². The fourth-order valence-electron chi connectivity index (χ4n) is 2.46. The van der Waals surface area contributed by atoms with E-state index >= 15 is 0 Å². The van der Waals surface area contributed by atoms with Crippen LogP contribution in [0, 0.1) is 0 Å². The van der Waals surface area contributed by atoms with Crippen LogP contribution in [0.5, 0.6) is 11.5 Å². The van der Waals surface area contributed by atoms with Crippen molar-refractivity contribution in [2.75, 3.05) is 5.73 Å². The minimum atomic E-state index is -0.386. The third-order valence-electron chi connectivity index (χ3n) is 3.63. The van der Waals surface area contributed by atoms with E-state index in [2.05, 4.69) is 10.2 Å². The molecule has 0 unspecified atom stereocenters. The molecule has 1 aromatic heterocycles. The molecular formula is C13H13N3O2. The second-order valence-electron chi connectivity index (χ2n) is 4.83. The summed E-state index contributed by atoms with van der Waals surface area (Å²) in [4.78, 5) is 0. The van der Waals surface area contributed by atoms with E-state index < -0.39 is 0 Å². The Morgan fingerprint density at radius 2 is 2.06 bits per heavy atom. The Morgan fingerprint density at radius 3 is 2.72 bits per heavy atom. The van der Waals surface area contributed by atoms with Crippen LogP contribution in [0.3, 0.4) is 0 Å². The van der Waals surface area contributed by atoms with E-state index in [1.807, 2.05) is 18.2 Å². The third-order valence-corrected chi connectivity index (χ3v) is 3.63. The topological polar surface area (TPSA) is 73.2 Å². The number of H-pyrrole nitrogens is 1. The lowest BCUT2D eigenvalue weighted by molar-refractivity contribution is -0.138. The van der Waals surface area contributed by atoms with Crippen molar-refractivity contribution >= 4 is 5.82 Å². The summed E-state index contributed by atoms with van der Waals surface area (Å²) >= 11 is 0. The average Bonchev–Trinajstić information content (AvgIpc) is 2.90. The molecule has 18 heavy (non-hydrogen) atoms. The minimum Gasteiger partial charge on any atom is -0.448 e. The fraction of sp³-hybridized carbons (Fsp3) is 0.308. The van der Waals surface area contributed by atoms with Gasteiger partial charge in [0.1, 0.15) is 5.82 Å². The number of fused-ring (bicyclic) bond motifs is 1. The number of benzene rings is 1. The third kappa shape index (κ3) is 1.24. The Labute approximate surface area is 104 Å². The average molecular weight is 243 g/mol. The number of nitrogens with two attached hydrogens (primary N) is 1. The van der Waals surface area contributed by atoms with E-state index in [0.717, 1.165) is 41.9 Å². The molecule has 3 N–H and O–H groups in total. The number of ether oxygens (including phenoxy) is 2. The summed E-state index contributed by atoms with van der Waals surface area (Å²) in [6.45, 7) is 0. The highest BCUT2D eigenvalue weighted by Gasteiger charge is 2.47. The van der Waals surface area contributed by atoms with Crippen LogP contribution >= 0.6 is 0 Å². The second kappa shape index (κ2) is 3.19. The maximum Gasteiger partial charge on any atom is 0.251 e. The summed E-state index contributed by atoms with van der Waals surface area (Å²) < 4.78 is 11.8. The molecule has 0 atom stereocenters. The van der Waals surface area contributed by atoms with Crippen LogP contribution < -0.4 is 15.2 Å². The lowest BCUT2D eigenvalue weighted by Gasteiger charge is -2.35. The van der Waals surface area contributed by atoms with Gasteiger partial charge < -0.3 is 15.2 Å². The van der Waals surface area contributed by atoms with E-state index in [4.69, 9.17) is 15.2 Å². The van der Waals surface area contributed by atoms with Crippen LogP contribution in [0.2, 0.25) is 0 Å². The van der Waals surface area contributed by atoms with Crippen LogP contribution in [0.1, 0.15) is 19.3 Å². The molecule has 1 spiro atoms. The molecule has 0 radical (unpaired) electrons. The van der Waals surface area contributed by atoms with Crippen LogP contribution in [-0.2, 0) is 0 Å². The molecule has 2 heterocycles. The molecule has 4 rings (SSSR count). The predicted molar refractivity (Wildman–Crippen MR) is 66.3 cm³/mol. The van der Waals surface area contributed by atoms with Gasteiger partial charge in [-0.15, -0.1) is 0 Å². The summed E-state index contributed by atoms with van der Waals surface area (Å²) in [7, 11) is 0. The smallest absolute Gasteiger partial charge is 0.251 e. The molecule has 5 nitrogen and oxygen atoms in total. The van der Waals surface area contributed by atoms with Crippen molar-refractivity contribution in [3.8, 4) is 22.6 Å². The van der Waals surface area contributed by atoms with Crippen molar-refractivity contribution in [2.45, 2.75) is 25.0 Å². The number of hydrogen-bond donors (Lipinski definition) is 2. The van der Waals surface area contributed by atoms with Gasteiger partial charge in [0.25, 0.3) is 5.79 Å². The quantitative estimate of drug-likeness (QED) is 0.806. The highest BCUT2D eigenvalue weighted by atomic mass is 16.7. The molecule has 1 aliphatic carbocycles. The normalized spacial score (nSPS) is 18.9. The Balaban J connectivity index is 1.74. The molecule has 0 amide bonds. The number of aromatic nitrogens is 2. The Morgan fingerprint density at radius 1 is 1.22 bits per heavy atom. The minimum absolute atomic E-state index is 0.386. The molecule has 2 aromatic rings. The Bertz CT molecular complexity index is 616. The zero-order valence-electron chi connectivity index (χ0n) is 9.77. The van der Waals surface area contributed by atoms with Crippen molar-refractivity contribution in [1.82, 2.24) is 10.2 Å². The maximum atomic E-state index is 5.92. The zero-order valence-corrected chi connectivity index (χ0v) is 9.77. The Hall–Kier alpha value is -2.17. The summed E-state index contributed by atoms with van der Waals surface area (Å²) in [6.07, 6.45) is 4.80. The van der Waals surface area contributed by atoms with Gasteiger partial charge in [0.15, 0.2) is 11.5 Å². The highest BCUT2D eigenvalue weighted by molar-refractivity contribution is 5.75. The van der Waals surface area contributed by atoms with E-state index in [1.165, 1.54) is 0 Å². The molecule has 0 bridgehead atoms. The predicted octanol–water partition coefficient (Wildman–Crippen LogP) is 2.31. The van der Waals surface area contributed by atoms with Gasteiger partial charge in [0, 0.05) is 18.4 Å². The van der Waals surface area contributed by atoms with Gasteiger partial charge in [0.05, 0.1) is 6.20 Å². The molecular weight excluding hydrogens is 230 g/mol. The number of nitrogen functional groups attached to an aromatic ring is 1. The second-order valence-corrected chi connectivity index (χ2v) is 4.83. The molecule has 1 aliphatic heterocycles. The first-order valence-corrected chi connectivity index (χ1v) is 6.07. The molecule has 1 saturated carbocycles. The summed E-state index contributed by atoms with van der Waals surface area (Å²) in [6, 6.07) is 5.87. The monoisotopic (exact) mass is 243 g/mol. The SMILES string of the molecule is Nc1[nH]ncc1-c1ccc2c(c1)OC1(CCC1)O2. The van der Waals surface area contributed by atoms with Gasteiger partial charge in [0.2, 0.25) is 0 Å². The number of hydrogen-bond acceptors (Lipinski definition) is 4. The Kier molecular flexibility index (Phi) is 1.74. The molecule has 2 aliphatic rings. The van der Waals surface area contributed by atoms with Crippen LogP contribution in [-0.4, -0.2) is 16.0 Å². The molecule has 5 heteroatoms. The molecule has 92 valence electrons. The largest absolute Gasteiger partial charge is 0.448 e. The van der Waals surface area contributed by atoms with Crippen molar-refractivity contribution in [2.24, 2.45) is 0 Å². The number of nitrogens with one attached hydrogen (secondary N) is 1. The van der Waals surface area contributed by atoms with Crippen LogP contribution in [0.15, 0.2) is 24.4 Å². The highest BCUT2D eigenvalue weighted by Crippen LogP contribution is 2.49. The lowest BCUT2D eigenvalue weighted by Crippen LogP contribution is -2.45. The van der Waals surface area contributed by atoms with Gasteiger partial charge in [-0.2, -0.15) is 5.10 Å². The standard InChI is InChI=1S/C13H13N3O2/c14-12-9(7-15-16-12)8-2-3-10-11(6-8)18-13(17-10)4-1-5-13/h2-3,6-7H,1,4-5H2,(H3,14,15,16). The summed E-state index contributed by atoms with van der Waals surface area (Å²) in [5, 5.41) is 6.65. The van der Waals surface area contributed by atoms with Gasteiger partial charge in [-0.3, -0.25) is 5.10 Å². The summed E-state index contributed by atoms with van der Waals surface area (Å²) in [5.41, 5.74) is 7.69.